The third kappa shape index (κ3) is 5.02. The summed E-state index contributed by atoms with van der Waals surface area (Å²) < 4.78 is 2.04. The molecule has 1 heterocycles. The zero-order chi connectivity index (χ0) is 26.6. The van der Waals surface area contributed by atoms with Crippen LogP contribution in [0.2, 0.25) is 0 Å². The highest BCUT2D eigenvalue weighted by molar-refractivity contribution is 7.13. The summed E-state index contributed by atoms with van der Waals surface area (Å²) in [6.07, 6.45) is 0. The van der Waals surface area contributed by atoms with Gasteiger partial charge in [0.15, 0.2) is 4.80 Å². The summed E-state index contributed by atoms with van der Waals surface area (Å²) in [7, 11) is 1.98. The second-order valence-corrected chi connectivity index (χ2v) is 10.2. The lowest BCUT2D eigenvalue weighted by Gasteiger charge is -2.09. The van der Waals surface area contributed by atoms with Crippen LogP contribution in [0.1, 0.15) is 10.4 Å². The van der Waals surface area contributed by atoms with Crippen LogP contribution in [-0.4, -0.2) is 10.5 Å². The Kier molecular flexibility index (Phi) is 6.86. The molecule has 6 aromatic rings. The maximum atomic E-state index is 13.6. The van der Waals surface area contributed by atoms with Crippen LogP contribution in [0.3, 0.4) is 0 Å². The van der Waals surface area contributed by atoms with E-state index in [9.17, 15) is 4.79 Å². The zero-order valence-electron chi connectivity index (χ0n) is 21.5. The standard InChI is InChI=1S/C35H26N2OS/c1-37-32(28-23-21-26(22-24-28)25-13-5-2-6-14-25)33(29-17-9-4-10-18-29)39-35(37)36-34(38)31-20-12-11-19-30(31)27-15-7-3-8-16-27/h2-24H,1H3. The second-order valence-electron chi connectivity index (χ2n) is 9.26. The Hall–Kier alpha value is -4.80. The maximum absolute atomic E-state index is 13.6. The largest absolute Gasteiger partial charge is 0.319 e. The van der Waals surface area contributed by atoms with E-state index in [4.69, 9.17) is 0 Å². The fourth-order valence-electron chi connectivity index (χ4n) is 4.80. The molecule has 0 bridgehead atoms. The summed E-state index contributed by atoms with van der Waals surface area (Å²) in [6.45, 7) is 0. The van der Waals surface area contributed by atoms with Crippen LogP contribution >= 0.6 is 11.3 Å². The lowest BCUT2D eigenvalue weighted by Crippen LogP contribution is -2.14. The quantitative estimate of drug-likeness (QED) is 0.223. The summed E-state index contributed by atoms with van der Waals surface area (Å²) in [5, 5.41) is 0. The molecule has 0 fully saturated rings. The van der Waals surface area contributed by atoms with Gasteiger partial charge in [0, 0.05) is 12.6 Å². The van der Waals surface area contributed by atoms with E-state index >= 15 is 0 Å². The predicted octanol–water partition coefficient (Wildman–Crippen LogP) is 8.50. The van der Waals surface area contributed by atoms with Crippen molar-refractivity contribution in [2.75, 3.05) is 0 Å². The van der Waals surface area contributed by atoms with Crippen molar-refractivity contribution >= 4 is 17.2 Å². The highest BCUT2D eigenvalue weighted by Gasteiger charge is 2.17. The normalized spacial score (nSPS) is 11.5. The van der Waals surface area contributed by atoms with E-state index in [0.29, 0.717) is 10.4 Å². The first-order chi connectivity index (χ1) is 19.2. The molecule has 5 aromatic carbocycles. The van der Waals surface area contributed by atoms with Gasteiger partial charge in [-0.15, -0.1) is 0 Å². The molecule has 0 atom stereocenters. The Morgan fingerprint density at radius 1 is 0.564 bits per heavy atom. The molecule has 188 valence electrons. The van der Waals surface area contributed by atoms with Crippen molar-refractivity contribution in [3.8, 4) is 44.0 Å². The van der Waals surface area contributed by atoms with Crippen molar-refractivity contribution in [2.45, 2.75) is 0 Å². The first-order valence-electron chi connectivity index (χ1n) is 12.8. The molecular weight excluding hydrogens is 496 g/mol. The average molecular weight is 523 g/mol. The molecule has 0 spiro atoms. The van der Waals surface area contributed by atoms with Crippen LogP contribution in [0.15, 0.2) is 145 Å². The molecule has 6 rings (SSSR count). The molecule has 1 amide bonds. The summed E-state index contributed by atoms with van der Waals surface area (Å²) >= 11 is 1.53. The summed E-state index contributed by atoms with van der Waals surface area (Å²) in [5.74, 6) is -0.253. The molecule has 0 aliphatic carbocycles. The number of carbonyl (C=O) groups excluding carboxylic acids is 1. The number of rotatable bonds is 5. The first kappa shape index (κ1) is 24.5. The van der Waals surface area contributed by atoms with Gasteiger partial charge >= 0.3 is 0 Å². The molecular formula is C35H26N2OS. The van der Waals surface area contributed by atoms with E-state index in [1.54, 1.807) is 0 Å². The van der Waals surface area contributed by atoms with Crippen molar-refractivity contribution in [1.29, 1.82) is 0 Å². The van der Waals surface area contributed by atoms with Gasteiger partial charge < -0.3 is 4.57 Å². The minimum atomic E-state index is -0.253. The van der Waals surface area contributed by atoms with E-state index < -0.39 is 0 Å². The second kappa shape index (κ2) is 10.9. The average Bonchev–Trinajstić information content (AvgIpc) is 3.34. The van der Waals surface area contributed by atoms with Gasteiger partial charge in [-0.05, 0) is 39.4 Å². The number of nitrogens with zero attached hydrogens (tertiary/aromatic N) is 2. The molecule has 0 radical (unpaired) electrons. The van der Waals surface area contributed by atoms with Crippen molar-refractivity contribution < 1.29 is 4.79 Å². The highest BCUT2D eigenvalue weighted by atomic mass is 32.1. The molecule has 1 aromatic heterocycles. The van der Waals surface area contributed by atoms with Crippen LogP contribution in [0.4, 0.5) is 0 Å². The number of hydrogen-bond donors (Lipinski definition) is 0. The van der Waals surface area contributed by atoms with Gasteiger partial charge in [0.25, 0.3) is 5.91 Å². The Morgan fingerprint density at radius 3 is 1.69 bits per heavy atom. The fourth-order valence-corrected chi connectivity index (χ4v) is 5.95. The first-order valence-corrected chi connectivity index (χ1v) is 13.7. The van der Waals surface area contributed by atoms with Crippen LogP contribution < -0.4 is 4.80 Å². The number of thiazole rings is 1. The van der Waals surface area contributed by atoms with Crippen molar-refractivity contribution in [1.82, 2.24) is 4.57 Å². The number of hydrogen-bond acceptors (Lipinski definition) is 2. The molecule has 0 saturated heterocycles. The van der Waals surface area contributed by atoms with Gasteiger partial charge in [-0.3, -0.25) is 4.79 Å². The smallest absolute Gasteiger partial charge is 0.280 e. The summed E-state index contributed by atoms with van der Waals surface area (Å²) in [5.41, 5.74) is 8.02. The van der Waals surface area contributed by atoms with Gasteiger partial charge in [-0.1, -0.05) is 145 Å². The minimum Gasteiger partial charge on any atom is -0.319 e. The van der Waals surface area contributed by atoms with E-state index in [1.165, 1.54) is 16.9 Å². The van der Waals surface area contributed by atoms with Crippen LogP contribution in [0.25, 0.3) is 44.0 Å². The topological polar surface area (TPSA) is 34.4 Å². The highest BCUT2D eigenvalue weighted by Crippen LogP contribution is 2.35. The summed E-state index contributed by atoms with van der Waals surface area (Å²) in [4.78, 5) is 20.0. The fraction of sp³-hybridized carbons (Fsp3) is 0.0286. The van der Waals surface area contributed by atoms with Crippen molar-refractivity contribution in [3.05, 3.63) is 150 Å². The van der Waals surface area contributed by atoms with Gasteiger partial charge in [0.05, 0.1) is 10.6 Å². The molecule has 4 heteroatoms. The van der Waals surface area contributed by atoms with E-state index in [1.807, 2.05) is 90.5 Å². The lowest BCUT2D eigenvalue weighted by atomic mass is 9.99. The molecule has 0 unspecified atom stereocenters. The molecule has 0 aliphatic rings. The monoisotopic (exact) mass is 522 g/mol. The third-order valence-corrected chi connectivity index (χ3v) is 7.95. The third-order valence-electron chi connectivity index (χ3n) is 6.77. The Bertz CT molecular complexity index is 1800. The SMILES string of the molecule is Cn1c(-c2ccc(-c3ccccc3)cc2)c(-c2ccccc2)sc1=NC(=O)c1ccccc1-c1ccccc1. The predicted molar refractivity (Wildman–Crippen MR) is 161 cm³/mol. The Labute approximate surface area is 232 Å². The van der Waals surface area contributed by atoms with Gasteiger partial charge in [0.2, 0.25) is 0 Å². The Morgan fingerprint density at radius 2 is 1.05 bits per heavy atom. The number of aromatic nitrogens is 1. The molecule has 3 nitrogen and oxygen atoms in total. The van der Waals surface area contributed by atoms with Crippen molar-refractivity contribution in [2.24, 2.45) is 12.0 Å². The molecule has 39 heavy (non-hydrogen) atoms. The zero-order valence-corrected chi connectivity index (χ0v) is 22.3. The molecule has 0 N–H and O–H groups in total. The summed E-state index contributed by atoms with van der Waals surface area (Å²) in [6, 6.07) is 46.9. The Balaban J connectivity index is 1.46. The van der Waals surface area contributed by atoms with Crippen LogP contribution in [0.5, 0.6) is 0 Å². The van der Waals surface area contributed by atoms with Gasteiger partial charge in [-0.2, -0.15) is 4.99 Å². The lowest BCUT2D eigenvalue weighted by molar-refractivity contribution is 0.0998. The van der Waals surface area contributed by atoms with Gasteiger partial charge in [0.1, 0.15) is 0 Å². The van der Waals surface area contributed by atoms with E-state index in [0.717, 1.165) is 38.4 Å². The van der Waals surface area contributed by atoms with E-state index in [2.05, 4.69) is 65.7 Å². The maximum Gasteiger partial charge on any atom is 0.280 e. The van der Waals surface area contributed by atoms with Gasteiger partial charge in [-0.25, -0.2) is 0 Å². The number of amides is 1. The van der Waals surface area contributed by atoms with Crippen LogP contribution in [0, 0.1) is 0 Å². The van der Waals surface area contributed by atoms with Crippen LogP contribution in [-0.2, 0) is 7.05 Å². The molecule has 0 saturated carbocycles. The van der Waals surface area contributed by atoms with E-state index in [-0.39, 0.29) is 5.91 Å². The number of carbonyl (C=O) groups is 1. The number of benzene rings is 5. The van der Waals surface area contributed by atoms with Crippen molar-refractivity contribution in [3.63, 3.8) is 0 Å². The molecule has 0 aliphatic heterocycles. The minimum absolute atomic E-state index is 0.253.